The van der Waals surface area contributed by atoms with Gasteiger partial charge in [-0.05, 0) is 30.0 Å². The molecule has 0 aliphatic carbocycles. The molecule has 0 spiro atoms. The smallest absolute Gasteiger partial charge is 0.241 e. The normalized spacial score (nSPS) is 13.7. The van der Waals surface area contributed by atoms with Crippen LogP contribution in [0.5, 0.6) is 0 Å². The van der Waals surface area contributed by atoms with Gasteiger partial charge in [-0.15, -0.1) is 0 Å². The van der Waals surface area contributed by atoms with Gasteiger partial charge in [0.05, 0.1) is 18.1 Å². The maximum Gasteiger partial charge on any atom is 0.241 e. The summed E-state index contributed by atoms with van der Waals surface area (Å²) in [5, 5.41) is 9.14. The van der Waals surface area contributed by atoms with Crippen molar-refractivity contribution in [2.24, 2.45) is 5.92 Å². The number of sulfonamides is 1. The van der Waals surface area contributed by atoms with Crippen LogP contribution in [-0.2, 0) is 21.4 Å². The van der Waals surface area contributed by atoms with Gasteiger partial charge in [-0.1, -0.05) is 26.0 Å². The highest BCUT2D eigenvalue weighted by Crippen LogP contribution is 2.18. The van der Waals surface area contributed by atoms with E-state index in [1.54, 1.807) is 26.2 Å². The van der Waals surface area contributed by atoms with E-state index in [4.69, 9.17) is 9.84 Å². The molecule has 1 aromatic rings. The Hall–Kier alpha value is -0.950. The molecule has 2 N–H and O–H groups in total. The highest BCUT2D eigenvalue weighted by molar-refractivity contribution is 7.89. The van der Waals surface area contributed by atoms with Gasteiger partial charge in [0.15, 0.2) is 0 Å². The minimum Gasteiger partial charge on any atom is -0.392 e. The average molecular weight is 301 g/mol. The number of aliphatic hydroxyl groups is 1. The molecule has 1 unspecified atom stereocenters. The molecule has 0 aromatic heterocycles. The number of benzene rings is 1. The molecule has 0 fully saturated rings. The van der Waals surface area contributed by atoms with Gasteiger partial charge in [0.1, 0.15) is 0 Å². The Balaban J connectivity index is 3.09. The van der Waals surface area contributed by atoms with Crippen molar-refractivity contribution in [1.29, 1.82) is 0 Å². The Morgan fingerprint density at radius 1 is 1.35 bits per heavy atom. The number of hydrogen-bond acceptors (Lipinski definition) is 4. The van der Waals surface area contributed by atoms with E-state index in [-0.39, 0.29) is 23.5 Å². The van der Waals surface area contributed by atoms with Gasteiger partial charge in [-0.25, -0.2) is 13.1 Å². The van der Waals surface area contributed by atoms with Crippen molar-refractivity contribution in [1.82, 2.24) is 4.72 Å². The van der Waals surface area contributed by atoms with Crippen LogP contribution in [0.4, 0.5) is 0 Å². The second kappa shape index (κ2) is 7.17. The van der Waals surface area contributed by atoms with Gasteiger partial charge in [-0.3, -0.25) is 0 Å². The van der Waals surface area contributed by atoms with Crippen LogP contribution >= 0.6 is 0 Å². The lowest BCUT2D eigenvalue weighted by Gasteiger charge is -2.22. The van der Waals surface area contributed by atoms with Crippen LogP contribution in [0.15, 0.2) is 23.1 Å². The number of hydrogen-bond donors (Lipinski definition) is 2. The number of aliphatic hydroxyl groups excluding tert-OH is 1. The average Bonchev–Trinajstić information content (AvgIpc) is 2.38. The fraction of sp³-hybridized carbons (Fsp3) is 0.571. The molecule has 6 heteroatoms. The highest BCUT2D eigenvalue weighted by Gasteiger charge is 2.24. The quantitative estimate of drug-likeness (QED) is 0.799. The molecule has 20 heavy (non-hydrogen) atoms. The first-order chi connectivity index (χ1) is 9.31. The number of methoxy groups -OCH3 is 1. The first kappa shape index (κ1) is 17.1. The Labute approximate surface area is 121 Å². The summed E-state index contributed by atoms with van der Waals surface area (Å²) in [6.45, 7) is 5.73. The largest absolute Gasteiger partial charge is 0.392 e. The van der Waals surface area contributed by atoms with Crippen molar-refractivity contribution in [2.45, 2.75) is 38.3 Å². The van der Waals surface area contributed by atoms with Gasteiger partial charge in [0, 0.05) is 13.2 Å². The van der Waals surface area contributed by atoms with Crippen molar-refractivity contribution < 1.29 is 18.3 Å². The lowest BCUT2D eigenvalue weighted by atomic mass is 10.1. The van der Waals surface area contributed by atoms with Gasteiger partial charge in [-0.2, -0.15) is 0 Å². The fourth-order valence-corrected chi connectivity index (χ4v) is 3.50. The summed E-state index contributed by atoms with van der Waals surface area (Å²) in [6.07, 6.45) is 0. The molecule has 0 radical (unpaired) electrons. The molecule has 0 amide bonds. The molecule has 1 rings (SSSR count). The zero-order valence-corrected chi connectivity index (χ0v) is 13.2. The standard InChI is InChI=1S/C14H23NO4S/c1-10(2)13(9-19-4)15-20(17,18)14-7-12(8-16)6-5-11(14)3/h5-7,10,13,15-16H,8-9H2,1-4H3. The van der Waals surface area contributed by atoms with E-state index in [9.17, 15) is 8.42 Å². The molecule has 0 aliphatic heterocycles. The molecule has 1 aromatic carbocycles. The highest BCUT2D eigenvalue weighted by atomic mass is 32.2. The number of aryl methyl sites for hydroxylation is 1. The van der Waals surface area contributed by atoms with Crippen LogP contribution in [0.25, 0.3) is 0 Å². The SMILES string of the molecule is COCC(NS(=O)(=O)c1cc(CO)ccc1C)C(C)C. The summed E-state index contributed by atoms with van der Waals surface area (Å²) in [6, 6.07) is 4.62. The second-order valence-corrected chi connectivity index (χ2v) is 6.87. The minimum atomic E-state index is -3.63. The Morgan fingerprint density at radius 3 is 2.50 bits per heavy atom. The van der Waals surface area contributed by atoms with Crippen LogP contribution in [0, 0.1) is 12.8 Å². The zero-order chi connectivity index (χ0) is 15.3. The predicted molar refractivity (Wildman–Crippen MR) is 77.9 cm³/mol. The van der Waals surface area contributed by atoms with Gasteiger partial charge >= 0.3 is 0 Å². The van der Waals surface area contributed by atoms with E-state index in [0.29, 0.717) is 17.7 Å². The van der Waals surface area contributed by atoms with Crippen LogP contribution in [0.3, 0.4) is 0 Å². The molecule has 0 bridgehead atoms. The lowest BCUT2D eigenvalue weighted by Crippen LogP contribution is -2.41. The van der Waals surface area contributed by atoms with Crippen molar-refractivity contribution in [2.75, 3.05) is 13.7 Å². The first-order valence-electron chi connectivity index (χ1n) is 6.53. The lowest BCUT2D eigenvalue weighted by molar-refractivity contribution is 0.157. The third-order valence-electron chi connectivity index (χ3n) is 3.18. The van der Waals surface area contributed by atoms with Crippen LogP contribution in [0.1, 0.15) is 25.0 Å². The Bertz CT molecular complexity index is 540. The molecule has 5 nitrogen and oxygen atoms in total. The number of ether oxygens (including phenoxy) is 1. The molecule has 0 saturated carbocycles. The van der Waals surface area contributed by atoms with E-state index in [2.05, 4.69) is 4.72 Å². The number of rotatable bonds is 7. The summed E-state index contributed by atoms with van der Waals surface area (Å²) < 4.78 is 32.6. The summed E-state index contributed by atoms with van der Waals surface area (Å²) in [5.74, 6) is 0.117. The third-order valence-corrected chi connectivity index (χ3v) is 4.81. The second-order valence-electron chi connectivity index (χ2n) is 5.19. The van der Waals surface area contributed by atoms with E-state index in [1.807, 2.05) is 13.8 Å². The molecule has 114 valence electrons. The fourth-order valence-electron chi connectivity index (χ4n) is 1.84. The van der Waals surface area contributed by atoms with Gasteiger partial charge < -0.3 is 9.84 Å². The molecule has 1 atom stereocenters. The maximum absolute atomic E-state index is 12.5. The molecular weight excluding hydrogens is 278 g/mol. The van der Waals surface area contributed by atoms with Crippen LogP contribution < -0.4 is 4.72 Å². The summed E-state index contributed by atoms with van der Waals surface area (Å²) in [4.78, 5) is 0.200. The molecule has 0 saturated heterocycles. The molecular formula is C14H23NO4S. The number of nitrogens with one attached hydrogen (secondary N) is 1. The van der Waals surface area contributed by atoms with E-state index >= 15 is 0 Å². The van der Waals surface area contributed by atoms with Crippen LogP contribution in [0.2, 0.25) is 0 Å². The Kier molecular flexibility index (Phi) is 6.13. The molecule has 0 aliphatic rings. The maximum atomic E-state index is 12.5. The van der Waals surface area contributed by atoms with Crippen LogP contribution in [-0.4, -0.2) is 33.3 Å². The molecule has 0 heterocycles. The predicted octanol–water partition coefficient (Wildman–Crippen LogP) is 1.44. The zero-order valence-electron chi connectivity index (χ0n) is 12.4. The topological polar surface area (TPSA) is 75.6 Å². The minimum absolute atomic E-state index is 0.117. The van der Waals surface area contributed by atoms with Crippen molar-refractivity contribution in [3.63, 3.8) is 0 Å². The van der Waals surface area contributed by atoms with E-state index < -0.39 is 10.0 Å². The van der Waals surface area contributed by atoms with Gasteiger partial charge in [0.2, 0.25) is 10.0 Å². The van der Waals surface area contributed by atoms with E-state index in [1.165, 1.54) is 6.07 Å². The van der Waals surface area contributed by atoms with Gasteiger partial charge in [0.25, 0.3) is 0 Å². The van der Waals surface area contributed by atoms with Crippen molar-refractivity contribution >= 4 is 10.0 Å². The van der Waals surface area contributed by atoms with Crippen molar-refractivity contribution in [3.8, 4) is 0 Å². The monoisotopic (exact) mass is 301 g/mol. The third kappa shape index (κ3) is 4.28. The van der Waals surface area contributed by atoms with E-state index in [0.717, 1.165) is 0 Å². The van der Waals surface area contributed by atoms with Crippen molar-refractivity contribution in [3.05, 3.63) is 29.3 Å². The summed E-state index contributed by atoms with van der Waals surface area (Å²) in [5.41, 5.74) is 1.22. The first-order valence-corrected chi connectivity index (χ1v) is 8.01. The Morgan fingerprint density at radius 2 is 2.00 bits per heavy atom. The summed E-state index contributed by atoms with van der Waals surface area (Å²) in [7, 11) is -2.09. The summed E-state index contributed by atoms with van der Waals surface area (Å²) >= 11 is 0.